The quantitative estimate of drug-likeness (QED) is 0.632. The first-order chi connectivity index (χ1) is 13.0. The number of fused-ring (bicyclic) bond motifs is 2. The van der Waals surface area contributed by atoms with Crippen molar-refractivity contribution in [2.45, 2.75) is 70.3 Å². The highest BCUT2D eigenvalue weighted by atomic mass is 19.4. The van der Waals surface area contributed by atoms with E-state index in [1.807, 2.05) is 12.1 Å². The average molecular weight is 392 g/mol. The molecule has 0 N–H and O–H groups in total. The summed E-state index contributed by atoms with van der Waals surface area (Å²) in [6.07, 6.45) is -0.222. The molecule has 2 aliphatic rings. The Labute approximate surface area is 162 Å². The van der Waals surface area contributed by atoms with Crippen LogP contribution in [-0.4, -0.2) is 28.7 Å². The van der Waals surface area contributed by atoms with Crippen molar-refractivity contribution in [3.63, 3.8) is 0 Å². The molecule has 2 unspecified atom stereocenters. The summed E-state index contributed by atoms with van der Waals surface area (Å²) in [5.41, 5.74) is -0.190. The van der Waals surface area contributed by atoms with E-state index in [-0.39, 0.29) is 17.6 Å². The molecule has 1 saturated heterocycles. The van der Waals surface area contributed by atoms with Crippen LogP contribution in [0.15, 0.2) is 24.3 Å². The Morgan fingerprint density at radius 1 is 1.25 bits per heavy atom. The summed E-state index contributed by atoms with van der Waals surface area (Å²) in [4.78, 5) is 14.4. The van der Waals surface area contributed by atoms with Crippen molar-refractivity contribution < 1.29 is 22.7 Å². The zero-order valence-corrected chi connectivity index (χ0v) is 16.1. The van der Waals surface area contributed by atoms with Gasteiger partial charge in [-0.05, 0) is 75.8 Å². The van der Waals surface area contributed by atoms with Gasteiger partial charge in [0.05, 0.1) is 23.2 Å². The molecule has 1 aromatic rings. The zero-order valence-electron chi connectivity index (χ0n) is 16.1. The molecule has 2 bridgehead atoms. The van der Waals surface area contributed by atoms with Gasteiger partial charge >= 0.3 is 12.3 Å². The first kappa shape index (κ1) is 20.2. The minimum Gasteiger partial charge on any atom is -0.444 e. The highest BCUT2D eigenvalue weighted by Gasteiger charge is 2.40. The SMILES string of the molecule is CC(C)(C)OC(=O)N1C2C=C(c3cc(C(F)(F)F)ccc3C#N)CC1CCC2. The van der Waals surface area contributed by atoms with Gasteiger partial charge in [-0.25, -0.2) is 4.79 Å². The first-order valence-corrected chi connectivity index (χ1v) is 9.33. The molecule has 0 saturated carbocycles. The highest BCUT2D eigenvalue weighted by molar-refractivity contribution is 5.77. The number of carbonyl (C=O) groups is 1. The molecule has 1 aromatic carbocycles. The summed E-state index contributed by atoms with van der Waals surface area (Å²) < 4.78 is 45.0. The summed E-state index contributed by atoms with van der Waals surface area (Å²) in [5.74, 6) is 0. The molecule has 7 heteroatoms. The fourth-order valence-electron chi connectivity index (χ4n) is 3.91. The minimum absolute atomic E-state index is 0.144. The van der Waals surface area contributed by atoms with Gasteiger partial charge < -0.3 is 4.74 Å². The van der Waals surface area contributed by atoms with Gasteiger partial charge in [-0.2, -0.15) is 18.4 Å². The number of nitriles is 1. The van der Waals surface area contributed by atoms with Crippen LogP contribution in [0, 0.1) is 11.3 Å². The fraction of sp³-hybridized carbons (Fsp3) is 0.524. The van der Waals surface area contributed by atoms with Crippen LogP contribution in [-0.2, 0) is 10.9 Å². The number of amides is 1. The summed E-state index contributed by atoms with van der Waals surface area (Å²) in [5, 5.41) is 9.37. The number of hydrogen-bond donors (Lipinski definition) is 0. The van der Waals surface area contributed by atoms with Crippen molar-refractivity contribution in [3.05, 3.63) is 41.0 Å². The Kier molecular flexibility index (Phi) is 5.18. The van der Waals surface area contributed by atoms with Gasteiger partial charge in [-0.3, -0.25) is 4.90 Å². The molecule has 1 amide bonds. The van der Waals surface area contributed by atoms with Crippen LogP contribution >= 0.6 is 0 Å². The lowest BCUT2D eigenvalue weighted by Crippen LogP contribution is -2.53. The Hall–Kier alpha value is -2.49. The third-order valence-electron chi connectivity index (χ3n) is 5.05. The molecular weight excluding hydrogens is 369 g/mol. The maximum absolute atomic E-state index is 13.2. The number of benzene rings is 1. The number of piperidine rings is 1. The third-order valence-corrected chi connectivity index (χ3v) is 5.05. The van der Waals surface area contributed by atoms with E-state index in [0.29, 0.717) is 17.6 Å². The normalized spacial score (nSPS) is 22.3. The predicted octanol–water partition coefficient (Wildman–Crippen LogP) is 5.52. The van der Waals surface area contributed by atoms with Crippen LogP contribution in [0.1, 0.15) is 63.1 Å². The van der Waals surface area contributed by atoms with E-state index in [1.54, 1.807) is 25.7 Å². The van der Waals surface area contributed by atoms with E-state index in [1.165, 1.54) is 6.07 Å². The summed E-state index contributed by atoms with van der Waals surface area (Å²) in [6.45, 7) is 5.40. The smallest absolute Gasteiger partial charge is 0.416 e. The van der Waals surface area contributed by atoms with Crippen molar-refractivity contribution in [2.75, 3.05) is 0 Å². The molecule has 0 radical (unpaired) electrons. The Balaban J connectivity index is 1.98. The van der Waals surface area contributed by atoms with Crippen LogP contribution in [0.5, 0.6) is 0 Å². The number of alkyl halides is 3. The zero-order chi connectivity index (χ0) is 20.7. The maximum atomic E-state index is 13.2. The number of hydrogen-bond acceptors (Lipinski definition) is 3. The number of ether oxygens (including phenoxy) is 1. The molecular formula is C21H23F3N2O2. The van der Waals surface area contributed by atoms with E-state index < -0.39 is 23.4 Å². The summed E-state index contributed by atoms with van der Waals surface area (Å²) in [6, 6.07) is 4.80. The number of nitrogens with zero attached hydrogens (tertiary/aromatic N) is 2. The average Bonchev–Trinajstić information content (AvgIpc) is 2.57. The summed E-state index contributed by atoms with van der Waals surface area (Å²) in [7, 11) is 0. The lowest BCUT2D eigenvalue weighted by atomic mass is 9.81. The van der Waals surface area contributed by atoms with E-state index in [0.717, 1.165) is 31.4 Å². The third kappa shape index (κ3) is 4.16. The van der Waals surface area contributed by atoms with Gasteiger partial charge in [0.25, 0.3) is 0 Å². The lowest BCUT2D eigenvalue weighted by molar-refractivity contribution is -0.137. The van der Waals surface area contributed by atoms with Crippen LogP contribution in [0.2, 0.25) is 0 Å². The molecule has 2 atom stereocenters. The standard InChI is InChI=1S/C21H23F3N2O2/c1-20(2,3)28-19(27)26-16-5-4-6-17(26)10-14(9-16)18-11-15(21(22,23)24)8-7-13(18)12-25/h7-9,11,16-17H,4-6,10H2,1-3H3. The second kappa shape index (κ2) is 7.16. The Morgan fingerprint density at radius 2 is 1.96 bits per heavy atom. The first-order valence-electron chi connectivity index (χ1n) is 9.33. The van der Waals surface area contributed by atoms with Crippen molar-refractivity contribution in [2.24, 2.45) is 0 Å². The van der Waals surface area contributed by atoms with Crippen molar-refractivity contribution in [3.8, 4) is 6.07 Å². The second-order valence-corrected chi connectivity index (χ2v) is 8.31. The Bertz CT molecular complexity index is 847. The molecule has 2 heterocycles. The van der Waals surface area contributed by atoms with E-state index >= 15 is 0 Å². The maximum Gasteiger partial charge on any atom is 0.416 e. The highest BCUT2D eigenvalue weighted by Crippen LogP contribution is 2.40. The van der Waals surface area contributed by atoms with Crippen molar-refractivity contribution in [1.29, 1.82) is 5.26 Å². The monoisotopic (exact) mass is 392 g/mol. The molecule has 150 valence electrons. The van der Waals surface area contributed by atoms with Gasteiger partial charge in [0.2, 0.25) is 0 Å². The van der Waals surface area contributed by atoms with Crippen molar-refractivity contribution >= 4 is 11.7 Å². The van der Waals surface area contributed by atoms with Gasteiger partial charge in [-0.1, -0.05) is 6.08 Å². The topological polar surface area (TPSA) is 53.3 Å². The molecule has 0 spiro atoms. The van der Waals surface area contributed by atoms with Crippen LogP contribution < -0.4 is 0 Å². The molecule has 1 fully saturated rings. The van der Waals surface area contributed by atoms with Crippen LogP contribution in [0.4, 0.5) is 18.0 Å². The molecule has 4 nitrogen and oxygen atoms in total. The van der Waals surface area contributed by atoms with E-state index in [9.17, 15) is 23.2 Å². The minimum atomic E-state index is -4.48. The largest absolute Gasteiger partial charge is 0.444 e. The number of rotatable bonds is 1. The van der Waals surface area contributed by atoms with Gasteiger partial charge in [0.15, 0.2) is 0 Å². The van der Waals surface area contributed by atoms with Gasteiger partial charge in [-0.15, -0.1) is 0 Å². The lowest BCUT2D eigenvalue weighted by Gasteiger charge is -2.45. The molecule has 28 heavy (non-hydrogen) atoms. The van der Waals surface area contributed by atoms with Gasteiger partial charge in [0, 0.05) is 6.04 Å². The molecule has 0 aliphatic carbocycles. The van der Waals surface area contributed by atoms with Crippen LogP contribution in [0.3, 0.4) is 0 Å². The Morgan fingerprint density at radius 3 is 2.54 bits per heavy atom. The fourth-order valence-corrected chi connectivity index (χ4v) is 3.91. The molecule has 2 aliphatic heterocycles. The van der Waals surface area contributed by atoms with Crippen LogP contribution in [0.25, 0.3) is 5.57 Å². The van der Waals surface area contributed by atoms with Crippen molar-refractivity contribution in [1.82, 2.24) is 4.90 Å². The molecule has 0 aromatic heterocycles. The van der Waals surface area contributed by atoms with E-state index in [2.05, 4.69) is 0 Å². The second-order valence-electron chi connectivity index (χ2n) is 8.31. The summed E-state index contributed by atoms with van der Waals surface area (Å²) >= 11 is 0. The number of carbonyl (C=O) groups excluding carboxylic acids is 1. The van der Waals surface area contributed by atoms with E-state index in [4.69, 9.17) is 4.74 Å². The predicted molar refractivity (Wildman–Crippen MR) is 98.3 cm³/mol. The van der Waals surface area contributed by atoms with Gasteiger partial charge in [0.1, 0.15) is 5.60 Å². The molecule has 3 rings (SSSR count). The number of halogens is 3.